The molecule has 0 radical (unpaired) electrons. The Bertz CT molecular complexity index is 425. The zero-order chi connectivity index (χ0) is 11.8. The Morgan fingerprint density at radius 1 is 1.38 bits per heavy atom. The van der Waals surface area contributed by atoms with E-state index in [1.807, 2.05) is 0 Å². The molecule has 0 heterocycles. The van der Waals surface area contributed by atoms with Gasteiger partial charge < -0.3 is 10.8 Å². The number of benzene rings is 1. The third kappa shape index (κ3) is 1.65. The highest BCUT2D eigenvalue weighted by atomic mass is 35.5. The van der Waals surface area contributed by atoms with Gasteiger partial charge in [-0.2, -0.15) is 0 Å². The fourth-order valence-corrected chi connectivity index (χ4v) is 2.56. The third-order valence-corrected chi connectivity index (χ3v) is 3.76. The first-order chi connectivity index (χ1) is 7.56. The summed E-state index contributed by atoms with van der Waals surface area (Å²) in [6, 6.07) is 5.15. The Morgan fingerprint density at radius 2 is 2.00 bits per heavy atom. The number of aliphatic carboxylic acids is 1. The first-order valence-corrected chi connectivity index (χ1v) is 5.73. The van der Waals surface area contributed by atoms with Gasteiger partial charge in [0.05, 0.1) is 16.1 Å². The van der Waals surface area contributed by atoms with Crippen LogP contribution in [-0.4, -0.2) is 11.1 Å². The van der Waals surface area contributed by atoms with E-state index in [2.05, 4.69) is 0 Å². The van der Waals surface area contributed by atoms with Crippen molar-refractivity contribution in [3.05, 3.63) is 28.8 Å². The molecule has 4 heteroatoms. The normalized spacial score (nSPS) is 18.6. The number of hydrogen-bond acceptors (Lipinski definition) is 2. The van der Waals surface area contributed by atoms with E-state index in [0.717, 1.165) is 18.4 Å². The van der Waals surface area contributed by atoms with E-state index >= 15 is 0 Å². The van der Waals surface area contributed by atoms with Gasteiger partial charge in [0, 0.05) is 0 Å². The van der Waals surface area contributed by atoms with Crippen LogP contribution in [0.1, 0.15) is 31.2 Å². The highest BCUT2D eigenvalue weighted by molar-refractivity contribution is 6.33. The number of carbonyl (C=O) groups is 1. The van der Waals surface area contributed by atoms with E-state index in [9.17, 15) is 9.90 Å². The number of nitrogen functional groups attached to an aromatic ring is 1. The summed E-state index contributed by atoms with van der Waals surface area (Å²) in [5.74, 6) is -0.758. The predicted octanol–water partition coefficient (Wildman–Crippen LogP) is 2.82. The zero-order valence-corrected chi connectivity index (χ0v) is 9.63. The molecule has 0 atom stereocenters. The lowest BCUT2D eigenvalue weighted by Gasteiger charge is -2.24. The maximum absolute atomic E-state index is 11.4. The molecular formula is C12H14ClNO2. The van der Waals surface area contributed by atoms with E-state index < -0.39 is 11.4 Å². The summed E-state index contributed by atoms with van der Waals surface area (Å²) in [6.45, 7) is 0. The standard InChI is InChI=1S/C12H14ClNO2/c13-9-4-3-8(7-10(9)14)12(11(15)16)5-1-2-6-12/h3-4,7H,1-2,5-6,14H2,(H,15,16). The summed E-state index contributed by atoms with van der Waals surface area (Å²) >= 11 is 5.84. The molecule has 0 spiro atoms. The quantitative estimate of drug-likeness (QED) is 0.780. The second kappa shape index (κ2) is 3.98. The van der Waals surface area contributed by atoms with Gasteiger partial charge in [-0.25, -0.2) is 0 Å². The molecule has 86 valence electrons. The fraction of sp³-hybridized carbons (Fsp3) is 0.417. The summed E-state index contributed by atoms with van der Waals surface area (Å²) in [5, 5.41) is 9.88. The molecule has 0 aromatic heterocycles. The second-order valence-electron chi connectivity index (χ2n) is 4.33. The zero-order valence-electron chi connectivity index (χ0n) is 8.87. The number of rotatable bonds is 2. The first kappa shape index (κ1) is 11.3. The van der Waals surface area contributed by atoms with Crippen LogP contribution in [0.3, 0.4) is 0 Å². The van der Waals surface area contributed by atoms with E-state index in [1.165, 1.54) is 0 Å². The SMILES string of the molecule is Nc1cc(C2(C(=O)O)CCCC2)ccc1Cl. The summed E-state index contributed by atoms with van der Waals surface area (Å²) in [6.07, 6.45) is 3.27. The van der Waals surface area contributed by atoms with Crippen LogP contribution in [0, 0.1) is 0 Å². The lowest BCUT2D eigenvalue weighted by atomic mass is 9.79. The van der Waals surface area contributed by atoms with Crippen LogP contribution in [0.25, 0.3) is 0 Å². The van der Waals surface area contributed by atoms with Gasteiger partial charge in [-0.15, -0.1) is 0 Å². The fourth-order valence-electron chi connectivity index (χ4n) is 2.45. The Kier molecular flexibility index (Phi) is 2.80. The van der Waals surface area contributed by atoms with Crippen molar-refractivity contribution in [1.82, 2.24) is 0 Å². The monoisotopic (exact) mass is 239 g/mol. The van der Waals surface area contributed by atoms with Gasteiger partial charge in [0.25, 0.3) is 0 Å². The van der Waals surface area contributed by atoms with Gasteiger partial charge >= 0.3 is 5.97 Å². The minimum atomic E-state index is -0.758. The van der Waals surface area contributed by atoms with Gasteiger partial charge in [-0.1, -0.05) is 30.5 Å². The number of carboxylic acid groups (broad SMARTS) is 1. The minimum Gasteiger partial charge on any atom is -0.481 e. The summed E-state index contributed by atoms with van der Waals surface area (Å²) in [5.41, 5.74) is 6.20. The Morgan fingerprint density at radius 3 is 2.50 bits per heavy atom. The van der Waals surface area contributed by atoms with Gasteiger partial charge in [0.15, 0.2) is 0 Å². The van der Waals surface area contributed by atoms with Gasteiger partial charge in [0.2, 0.25) is 0 Å². The largest absolute Gasteiger partial charge is 0.481 e. The predicted molar refractivity (Wildman–Crippen MR) is 63.6 cm³/mol. The lowest BCUT2D eigenvalue weighted by Crippen LogP contribution is -2.32. The van der Waals surface area contributed by atoms with Crippen LogP contribution in [0.15, 0.2) is 18.2 Å². The molecule has 1 aliphatic carbocycles. The number of halogens is 1. The van der Waals surface area contributed by atoms with Crippen LogP contribution in [-0.2, 0) is 10.2 Å². The Balaban J connectivity index is 2.47. The average Bonchev–Trinajstić information content (AvgIpc) is 2.72. The van der Waals surface area contributed by atoms with E-state index in [4.69, 9.17) is 17.3 Å². The minimum absolute atomic E-state index is 0.451. The number of nitrogens with two attached hydrogens (primary N) is 1. The van der Waals surface area contributed by atoms with Crippen LogP contribution >= 0.6 is 11.6 Å². The van der Waals surface area contributed by atoms with Crippen molar-refractivity contribution in [2.75, 3.05) is 5.73 Å². The average molecular weight is 240 g/mol. The van der Waals surface area contributed by atoms with Crippen molar-refractivity contribution in [3.63, 3.8) is 0 Å². The molecule has 0 bridgehead atoms. The lowest BCUT2D eigenvalue weighted by molar-refractivity contribution is -0.143. The number of hydrogen-bond donors (Lipinski definition) is 2. The van der Waals surface area contributed by atoms with Crippen molar-refractivity contribution in [2.45, 2.75) is 31.1 Å². The number of carboxylic acids is 1. The molecular weight excluding hydrogens is 226 g/mol. The van der Waals surface area contributed by atoms with E-state index in [0.29, 0.717) is 23.6 Å². The van der Waals surface area contributed by atoms with Crippen molar-refractivity contribution in [3.8, 4) is 0 Å². The highest BCUT2D eigenvalue weighted by Crippen LogP contribution is 2.42. The van der Waals surface area contributed by atoms with E-state index in [-0.39, 0.29) is 0 Å². The van der Waals surface area contributed by atoms with Crippen molar-refractivity contribution in [1.29, 1.82) is 0 Å². The molecule has 1 fully saturated rings. The molecule has 16 heavy (non-hydrogen) atoms. The van der Waals surface area contributed by atoms with Crippen LogP contribution in [0.5, 0.6) is 0 Å². The maximum atomic E-state index is 11.4. The molecule has 0 unspecified atom stereocenters. The van der Waals surface area contributed by atoms with Crippen molar-refractivity contribution < 1.29 is 9.90 Å². The maximum Gasteiger partial charge on any atom is 0.314 e. The van der Waals surface area contributed by atoms with Crippen molar-refractivity contribution >= 4 is 23.3 Å². The van der Waals surface area contributed by atoms with Gasteiger partial charge in [-0.3, -0.25) is 4.79 Å². The van der Waals surface area contributed by atoms with Crippen LogP contribution in [0.2, 0.25) is 5.02 Å². The van der Waals surface area contributed by atoms with Gasteiger partial charge in [0.1, 0.15) is 0 Å². The third-order valence-electron chi connectivity index (χ3n) is 3.42. The molecule has 0 saturated heterocycles. The smallest absolute Gasteiger partial charge is 0.314 e. The Hall–Kier alpha value is -1.22. The molecule has 1 aliphatic rings. The van der Waals surface area contributed by atoms with Crippen LogP contribution < -0.4 is 5.73 Å². The number of anilines is 1. The summed E-state index contributed by atoms with van der Waals surface area (Å²) < 4.78 is 0. The summed E-state index contributed by atoms with van der Waals surface area (Å²) in [4.78, 5) is 11.4. The molecule has 3 N–H and O–H groups in total. The van der Waals surface area contributed by atoms with Crippen molar-refractivity contribution in [2.24, 2.45) is 0 Å². The molecule has 0 amide bonds. The van der Waals surface area contributed by atoms with E-state index in [1.54, 1.807) is 18.2 Å². The second-order valence-corrected chi connectivity index (χ2v) is 4.74. The molecule has 2 rings (SSSR count). The highest BCUT2D eigenvalue weighted by Gasteiger charge is 2.42. The first-order valence-electron chi connectivity index (χ1n) is 5.35. The molecule has 3 nitrogen and oxygen atoms in total. The van der Waals surface area contributed by atoms with Crippen LogP contribution in [0.4, 0.5) is 5.69 Å². The molecule has 0 aliphatic heterocycles. The molecule has 1 aromatic carbocycles. The molecule has 1 saturated carbocycles. The summed E-state index contributed by atoms with van der Waals surface area (Å²) in [7, 11) is 0. The molecule has 1 aromatic rings. The Labute approximate surface area is 99.2 Å². The topological polar surface area (TPSA) is 63.3 Å². The van der Waals surface area contributed by atoms with Gasteiger partial charge in [-0.05, 0) is 30.5 Å².